The third kappa shape index (κ3) is 4.78. The van der Waals surface area contributed by atoms with Crippen molar-refractivity contribution in [3.63, 3.8) is 0 Å². The van der Waals surface area contributed by atoms with E-state index in [1.807, 2.05) is 29.2 Å². The average molecular weight is 369 g/mol. The first-order valence-electron chi connectivity index (χ1n) is 8.83. The highest BCUT2D eigenvalue weighted by atomic mass is 16.5. The molecule has 27 heavy (non-hydrogen) atoms. The number of ether oxygens (including phenoxy) is 3. The summed E-state index contributed by atoms with van der Waals surface area (Å²) in [5, 5.41) is 0. The summed E-state index contributed by atoms with van der Waals surface area (Å²) in [5.41, 5.74) is 1.54. The molecular weight excluding hydrogens is 346 g/mol. The van der Waals surface area contributed by atoms with Crippen LogP contribution in [0.1, 0.15) is 28.8 Å². The Morgan fingerprint density at radius 1 is 1.07 bits per heavy atom. The molecule has 0 radical (unpaired) electrons. The molecule has 0 bridgehead atoms. The number of amides is 1. The van der Waals surface area contributed by atoms with Gasteiger partial charge in [-0.1, -0.05) is 12.1 Å². The van der Waals surface area contributed by atoms with Crippen LogP contribution in [0.15, 0.2) is 42.5 Å². The van der Waals surface area contributed by atoms with Crippen LogP contribution in [0.25, 0.3) is 0 Å². The Morgan fingerprint density at radius 2 is 1.81 bits per heavy atom. The zero-order valence-corrected chi connectivity index (χ0v) is 15.5. The summed E-state index contributed by atoms with van der Waals surface area (Å²) in [7, 11) is 3.13. The predicted octanol–water partition coefficient (Wildman–Crippen LogP) is 3.09. The van der Waals surface area contributed by atoms with Gasteiger partial charge in [0.1, 0.15) is 12.0 Å². The zero-order valence-electron chi connectivity index (χ0n) is 15.5. The summed E-state index contributed by atoms with van der Waals surface area (Å²) < 4.78 is 16.1. The molecule has 0 heterocycles. The van der Waals surface area contributed by atoms with E-state index in [-0.39, 0.29) is 18.6 Å². The van der Waals surface area contributed by atoms with Crippen molar-refractivity contribution in [3.8, 4) is 17.2 Å². The highest BCUT2D eigenvalue weighted by Gasteiger charge is 2.32. The molecule has 6 heteroatoms. The van der Waals surface area contributed by atoms with Crippen LogP contribution in [0.5, 0.6) is 17.2 Å². The van der Waals surface area contributed by atoms with Gasteiger partial charge in [-0.2, -0.15) is 0 Å². The van der Waals surface area contributed by atoms with Crippen LogP contribution in [0.4, 0.5) is 0 Å². The van der Waals surface area contributed by atoms with Gasteiger partial charge in [0.25, 0.3) is 5.91 Å². The summed E-state index contributed by atoms with van der Waals surface area (Å²) in [6.07, 6.45) is 2.76. The fraction of sp³-hybridized carbons (Fsp3) is 0.333. The first kappa shape index (κ1) is 18.8. The van der Waals surface area contributed by atoms with Gasteiger partial charge < -0.3 is 19.1 Å². The maximum Gasteiger partial charge on any atom is 0.261 e. The molecule has 2 aromatic carbocycles. The Balaban J connectivity index is 1.64. The number of hydrogen-bond donors (Lipinski definition) is 0. The van der Waals surface area contributed by atoms with Crippen molar-refractivity contribution in [2.24, 2.45) is 0 Å². The Kier molecular flexibility index (Phi) is 5.96. The van der Waals surface area contributed by atoms with Crippen molar-refractivity contribution in [3.05, 3.63) is 53.6 Å². The standard InChI is InChI=1S/C21H23NO5/c1-25-18-8-3-15(4-9-18)12-22(17-6-7-17)21(24)14-27-19-10-5-16(13-23)11-20(19)26-2/h3-5,8-11,13,17H,6-7,12,14H2,1-2H3. The van der Waals surface area contributed by atoms with Crippen molar-refractivity contribution in [1.29, 1.82) is 0 Å². The smallest absolute Gasteiger partial charge is 0.261 e. The third-order valence-electron chi connectivity index (χ3n) is 4.49. The number of carbonyl (C=O) groups excluding carboxylic acids is 2. The molecule has 0 aliphatic heterocycles. The van der Waals surface area contributed by atoms with Crippen LogP contribution in [0.3, 0.4) is 0 Å². The Labute approximate surface area is 158 Å². The SMILES string of the molecule is COc1ccc(CN(C(=O)COc2ccc(C=O)cc2OC)C2CC2)cc1. The van der Waals surface area contributed by atoms with Gasteiger partial charge in [0.15, 0.2) is 18.1 Å². The van der Waals surface area contributed by atoms with Gasteiger partial charge >= 0.3 is 0 Å². The molecule has 1 amide bonds. The fourth-order valence-electron chi connectivity index (χ4n) is 2.83. The average Bonchev–Trinajstić information content (AvgIpc) is 3.55. The largest absolute Gasteiger partial charge is 0.497 e. The lowest BCUT2D eigenvalue weighted by Gasteiger charge is -2.23. The molecule has 0 atom stereocenters. The Morgan fingerprint density at radius 3 is 2.41 bits per heavy atom. The van der Waals surface area contributed by atoms with Gasteiger partial charge in [-0.25, -0.2) is 0 Å². The van der Waals surface area contributed by atoms with Crippen molar-refractivity contribution in [1.82, 2.24) is 4.90 Å². The van der Waals surface area contributed by atoms with Crippen LogP contribution in [-0.2, 0) is 11.3 Å². The van der Waals surface area contributed by atoms with Gasteiger partial charge in [0, 0.05) is 18.2 Å². The number of aldehydes is 1. The normalized spacial score (nSPS) is 13.0. The van der Waals surface area contributed by atoms with Crippen molar-refractivity contribution >= 4 is 12.2 Å². The van der Waals surface area contributed by atoms with Gasteiger partial charge in [0.2, 0.25) is 0 Å². The molecule has 0 N–H and O–H groups in total. The van der Waals surface area contributed by atoms with E-state index in [0.29, 0.717) is 23.6 Å². The molecule has 2 aromatic rings. The Bertz CT molecular complexity index is 799. The molecular formula is C21H23NO5. The van der Waals surface area contributed by atoms with E-state index in [4.69, 9.17) is 14.2 Å². The van der Waals surface area contributed by atoms with Gasteiger partial charge in [-0.05, 0) is 48.7 Å². The number of nitrogens with zero attached hydrogens (tertiary/aromatic N) is 1. The van der Waals surface area contributed by atoms with E-state index in [2.05, 4.69) is 0 Å². The first-order valence-corrected chi connectivity index (χ1v) is 8.83. The van der Waals surface area contributed by atoms with E-state index in [9.17, 15) is 9.59 Å². The van der Waals surface area contributed by atoms with E-state index in [1.165, 1.54) is 7.11 Å². The third-order valence-corrected chi connectivity index (χ3v) is 4.49. The Hall–Kier alpha value is -3.02. The maximum absolute atomic E-state index is 12.7. The monoisotopic (exact) mass is 369 g/mol. The molecule has 6 nitrogen and oxygen atoms in total. The molecule has 0 unspecified atom stereocenters. The summed E-state index contributed by atoms with van der Waals surface area (Å²) in [6.45, 7) is 0.460. The lowest BCUT2D eigenvalue weighted by Crippen LogP contribution is -2.36. The molecule has 1 fully saturated rings. The molecule has 0 aromatic heterocycles. The minimum atomic E-state index is -0.0799. The maximum atomic E-state index is 12.7. The number of benzene rings is 2. The number of rotatable bonds is 9. The van der Waals surface area contributed by atoms with Gasteiger partial charge in [-0.15, -0.1) is 0 Å². The topological polar surface area (TPSA) is 65.1 Å². The van der Waals surface area contributed by atoms with Crippen molar-refractivity contribution < 1.29 is 23.8 Å². The molecule has 0 saturated heterocycles. The van der Waals surface area contributed by atoms with Crippen LogP contribution in [0, 0.1) is 0 Å². The number of methoxy groups -OCH3 is 2. The predicted molar refractivity (Wildman–Crippen MR) is 100 cm³/mol. The minimum absolute atomic E-state index is 0.0742. The summed E-state index contributed by atoms with van der Waals surface area (Å²) in [5.74, 6) is 1.59. The lowest BCUT2D eigenvalue weighted by molar-refractivity contribution is -0.134. The molecule has 1 aliphatic carbocycles. The molecule has 142 valence electrons. The number of hydrogen-bond acceptors (Lipinski definition) is 5. The molecule has 1 aliphatic rings. The van der Waals surface area contributed by atoms with Gasteiger partial charge in [-0.3, -0.25) is 9.59 Å². The van der Waals surface area contributed by atoms with Crippen molar-refractivity contribution in [2.45, 2.75) is 25.4 Å². The van der Waals surface area contributed by atoms with E-state index < -0.39 is 0 Å². The van der Waals surface area contributed by atoms with E-state index >= 15 is 0 Å². The summed E-state index contributed by atoms with van der Waals surface area (Å²) >= 11 is 0. The van der Waals surface area contributed by atoms with Gasteiger partial charge in [0.05, 0.1) is 14.2 Å². The van der Waals surface area contributed by atoms with Crippen LogP contribution >= 0.6 is 0 Å². The highest BCUT2D eigenvalue weighted by Crippen LogP contribution is 2.30. The molecule has 0 spiro atoms. The van der Waals surface area contributed by atoms with E-state index in [0.717, 1.165) is 30.4 Å². The quantitative estimate of drug-likeness (QED) is 0.636. The van der Waals surface area contributed by atoms with Crippen LogP contribution in [0.2, 0.25) is 0 Å². The lowest BCUT2D eigenvalue weighted by atomic mass is 10.2. The van der Waals surface area contributed by atoms with Crippen LogP contribution < -0.4 is 14.2 Å². The first-order chi connectivity index (χ1) is 13.1. The second-order valence-corrected chi connectivity index (χ2v) is 6.42. The summed E-state index contributed by atoms with van der Waals surface area (Å²) in [6, 6.07) is 12.8. The minimum Gasteiger partial charge on any atom is -0.497 e. The fourth-order valence-corrected chi connectivity index (χ4v) is 2.83. The number of carbonyl (C=O) groups is 2. The highest BCUT2D eigenvalue weighted by molar-refractivity contribution is 5.79. The van der Waals surface area contributed by atoms with Crippen molar-refractivity contribution in [2.75, 3.05) is 20.8 Å². The second kappa shape index (κ2) is 8.58. The second-order valence-electron chi connectivity index (χ2n) is 6.42. The molecule has 1 saturated carbocycles. The van der Waals surface area contributed by atoms with Crippen LogP contribution in [-0.4, -0.2) is 44.0 Å². The summed E-state index contributed by atoms with van der Waals surface area (Å²) in [4.78, 5) is 25.5. The van der Waals surface area contributed by atoms with E-state index in [1.54, 1.807) is 25.3 Å². The molecule has 3 rings (SSSR count). The zero-order chi connectivity index (χ0) is 19.2.